The lowest BCUT2D eigenvalue weighted by atomic mass is 10.0. The lowest BCUT2D eigenvalue weighted by molar-refractivity contribution is 0.0958. The van der Waals surface area contributed by atoms with Gasteiger partial charge in [0.25, 0.3) is 5.91 Å². The number of nitrogens with zero attached hydrogens (tertiary/aromatic N) is 5. The smallest absolute Gasteiger partial charge is 0.321 e. The van der Waals surface area contributed by atoms with Crippen LogP contribution in [-0.4, -0.2) is 70.4 Å². The molecule has 3 aromatic rings. The summed E-state index contributed by atoms with van der Waals surface area (Å²) in [6.45, 7) is 3.08. The molecule has 2 N–H and O–H groups in total. The van der Waals surface area contributed by atoms with Gasteiger partial charge in [-0.15, -0.1) is 0 Å². The predicted molar refractivity (Wildman–Crippen MR) is 123 cm³/mol. The predicted octanol–water partition coefficient (Wildman–Crippen LogP) is 2.52. The highest BCUT2D eigenvalue weighted by atomic mass is 16.5. The largest absolute Gasteiger partial charge is 0.380 e. The molecule has 0 aliphatic carbocycles. The molecule has 1 aliphatic heterocycles. The zero-order chi connectivity index (χ0) is 23.4. The SMILES string of the molecule is CNC(=O)c1cc(-c2cnnc(-c3cc(NC(=O)N4CC[C@H](OC)C4)cnc3C)c2)ccn1. The molecule has 0 bridgehead atoms. The zero-order valence-electron chi connectivity index (χ0n) is 18.7. The van der Waals surface area contributed by atoms with E-state index in [-0.39, 0.29) is 18.0 Å². The Labute approximate surface area is 191 Å². The molecule has 1 aliphatic rings. The molecule has 1 saturated heterocycles. The van der Waals surface area contributed by atoms with Gasteiger partial charge in [0.05, 0.1) is 29.9 Å². The number of nitrogens with one attached hydrogen (secondary N) is 2. The van der Waals surface area contributed by atoms with Crippen LogP contribution in [0.4, 0.5) is 10.5 Å². The van der Waals surface area contributed by atoms with Gasteiger partial charge in [-0.05, 0) is 43.2 Å². The third-order valence-electron chi connectivity index (χ3n) is 5.59. The van der Waals surface area contributed by atoms with Gasteiger partial charge in [0.1, 0.15) is 5.69 Å². The number of carbonyl (C=O) groups excluding carboxylic acids is 2. The number of urea groups is 1. The van der Waals surface area contributed by atoms with E-state index in [1.54, 1.807) is 49.8 Å². The van der Waals surface area contributed by atoms with E-state index < -0.39 is 0 Å². The topological polar surface area (TPSA) is 122 Å². The number of aryl methyl sites for hydroxylation is 1. The summed E-state index contributed by atoms with van der Waals surface area (Å²) < 4.78 is 5.33. The quantitative estimate of drug-likeness (QED) is 0.616. The van der Waals surface area contributed by atoms with E-state index in [9.17, 15) is 9.59 Å². The Kier molecular flexibility index (Phi) is 6.55. The molecular weight excluding hydrogens is 422 g/mol. The second kappa shape index (κ2) is 9.70. The minimum atomic E-state index is -0.266. The average molecular weight is 447 g/mol. The Morgan fingerprint density at radius 2 is 2.00 bits per heavy atom. The van der Waals surface area contributed by atoms with Crippen LogP contribution in [0.2, 0.25) is 0 Å². The normalized spacial score (nSPS) is 15.4. The minimum Gasteiger partial charge on any atom is -0.380 e. The van der Waals surface area contributed by atoms with Crippen LogP contribution in [0.15, 0.2) is 42.9 Å². The van der Waals surface area contributed by atoms with Crippen LogP contribution in [-0.2, 0) is 4.74 Å². The summed E-state index contributed by atoms with van der Waals surface area (Å²) >= 11 is 0. The van der Waals surface area contributed by atoms with E-state index in [4.69, 9.17) is 4.74 Å². The van der Waals surface area contributed by atoms with Crippen LogP contribution in [0, 0.1) is 6.92 Å². The molecule has 4 rings (SSSR count). The van der Waals surface area contributed by atoms with Crippen molar-refractivity contribution in [2.45, 2.75) is 19.4 Å². The summed E-state index contributed by atoms with van der Waals surface area (Å²) in [5.74, 6) is -0.266. The highest BCUT2D eigenvalue weighted by molar-refractivity contribution is 5.93. The summed E-state index contributed by atoms with van der Waals surface area (Å²) in [4.78, 5) is 34.8. The Hall–Kier alpha value is -3.92. The van der Waals surface area contributed by atoms with E-state index in [0.29, 0.717) is 30.2 Å². The fourth-order valence-electron chi connectivity index (χ4n) is 3.69. The van der Waals surface area contributed by atoms with Gasteiger partial charge in [0.15, 0.2) is 0 Å². The highest BCUT2D eigenvalue weighted by Gasteiger charge is 2.26. The maximum atomic E-state index is 12.6. The second-order valence-electron chi connectivity index (χ2n) is 7.72. The van der Waals surface area contributed by atoms with Gasteiger partial charge in [0, 0.05) is 50.3 Å². The molecule has 3 amide bonds. The van der Waals surface area contributed by atoms with Crippen LogP contribution in [0.5, 0.6) is 0 Å². The minimum absolute atomic E-state index is 0.0672. The molecule has 0 unspecified atom stereocenters. The number of methoxy groups -OCH3 is 1. The van der Waals surface area contributed by atoms with Gasteiger partial charge in [-0.2, -0.15) is 10.2 Å². The fraction of sp³-hybridized carbons (Fsp3) is 0.304. The Bertz CT molecular complexity index is 1180. The van der Waals surface area contributed by atoms with E-state index >= 15 is 0 Å². The molecule has 1 atom stereocenters. The Morgan fingerprint density at radius 3 is 2.76 bits per heavy atom. The number of anilines is 1. The molecule has 10 nitrogen and oxygen atoms in total. The number of pyridine rings is 2. The molecule has 10 heteroatoms. The molecule has 1 fully saturated rings. The van der Waals surface area contributed by atoms with Gasteiger partial charge in [-0.1, -0.05) is 0 Å². The second-order valence-corrected chi connectivity index (χ2v) is 7.72. The third-order valence-corrected chi connectivity index (χ3v) is 5.59. The van der Waals surface area contributed by atoms with Crippen LogP contribution in [0.25, 0.3) is 22.4 Å². The highest BCUT2D eigenvalue weighted by Crippen LogP contribution is 2.27. The molecule has 170 valence electrons. The average Bonchev–Trinajstić information content (AvgIpc) is 3.34. The summed E-state index contributed by atoms with van der Waals surface area (Å²) in [6, 6.07) is 7.02. The van der Waals surface area contributed by atoms with Crippen LogP contribution < -0.4 is 10.6 Å². The van der Waals surface area contributed by atoms with Crippen molar-refractivity contribution < 1.29 is 14.3 Å². The van der Waals surface area contributed by atoms with Crippen molar-refractivity contribution in [3.8, 4) is 22.4 Å². The van der Waals surface area contributed by atoms with E-state index in [1.165, 1.54) is 0 Å². The summed E-state index contributed by atoms with van der Waals surface area (Å²) in [5, 5.41) is 13.9. The van der Waals surface area contributed by atoms with Gasteiger partial charge in [0.2, 0.25) is 0 Å². The first kappa shape index (κ1) is 22.3. The fourth-order valence-corrected chi connectivity index (χ4v) is 3.69. The maximum absolute atomic E-state index is 12.6. The molecule has 4 heterocycles. The number of hydrogen-bond donors (Lipinski definition) is 2. The van der Waals surface area contributed by atoms with E-state index in [0.717, 1.165) is 28.8 Å². The van der Waals surface area contributed by atoms with Gasteiger partial charge in [-0.3, -0.25) is 14.8 Å². The first-order valence-corrected chi connectivity index (χ1v) is 10.6. The standard InChI is InChI=1S/C23H25N7O3/c1-14-19(10-17(12-26-14)28-23(32)30-7-5-18(13-30)33-3)20-9-16(11-27-29-20)15-4-6-25-21(8-15)22(31)24-2/h4,6,8-12,18H,5,7,13H2,1-3H3,(H,24,31)(H,28,32)/t18-/m0/s1. The number of ether oxygens (including phenoxy) is 1. The molecule has 0 spiro atoms. The zero-order valence-corrected chi connectivity index (χ0v) is 18.7. The summed E-state index contributed by atoms with van der Waals surface area (Å²) in [7, 11) is 3.21. The van der Waals surface area contributed by atoms with Crippen LogP contribution in [0.3, 0.4) is 0 Å². The van der Waals surface area contributed by atoms with Crippen molar-refractivity contribution in [2.24, 2.45) is 0 Å². The lowest BCUT2D eigenvalue weighted by Crippen LogP contribution is -2.33. The van der Waals surface area contributed by atoms with E-state index in [1.807, 2.05) is 19.1 Å². The first-order chi connectivity index (χ1) is 16.0. The number of rotatable bonds is 5. The monoisotopic (exact) mass is 447 g/mol. The van der Waals surface area contributed by atoms with Crippen molar-refractivity contribution in [3.05, 3.63) is 54.2 Å². The number of carbonyl (C=O) groups is 2. The molecule has 0 saturated carbocycles. The number of amides is 3. The van der Waals surface area contributed by atoms with Crippen molar-refractivity contribution >= 4 is 17.6 Å². The van der Waals surface area contributed by atoms with Gasteiger partial charge in [-0.25, -0.2) is 4.79 Å². The molecule has 0 aromatic carbocycles. The third kappa shape index (κ3) is 4.96. The Balaban J connectivity index is 1.58. The number of hydrogen-bond acceptors (Lipinski definition) is 7. The van der Waals surface area contributed by atoms with Crippen molar-refractivity contribution in [1.29, 1.82) is 0 Å². The Morgan fingerprint density at radius 1 is 1.15 bits per heavy atom. The first-order valence-electron chi connectivity index (χ1n) is 10.6. The number of aromatic nitrogens is 4. The van der Waals surface area contributed by atoms with E-state index in [2.05, 4.69) is 30.8 Å². The maximum Gasteiger partial charge on any atom is 0.321 e. The summed E-state index contributed by atoms with van der Waals surface area (Å²) in [5.41, 5.74) is 4.56. The van der Waals surface area contributed by atoms with Crippen molar-refractivity contribution in [1.82, 2.24) is 30.4 Å². The molecule has 3 aromatic heterocycles. The van der Waals surface area contributed by atoms with Gasteiger partial charge < -0.3 is 20.3 Å². The molecular formula is C23H25N7O3. The number of likely N-dealkylation sites (tertiary alicyclic amines) is 1. The summed E-state index contributed by atoms with van der Waals surface area (Å²) in [6.07, 6.45) is 5.71. The van der Waals surface area contributed by atoms with Crippen LogP contribution in [0.1, 0.15) is 22.6 Å². The van der Waals surface area contributed by atoms with Crippen molar-refractivity contribution in [2.75, 3.05) is 32.6 Å². The molecule has 0 radical (unpaired) electrons. The molecule has 33 heavy (non-hydrogen) atoms. The van der Waals surface area contributed by atoms with Gasteiger partial charge >= 0.3 is 6.03 Å². The lowest BCUT2D eigenvalue weighted by Gasteiger charge is -2.17. The van der Waals surface area contributed by atoms with Crippen LogP contribution >= 0.6 is 0 Å². The van der Waals surface area contributed by atoms with Crippen molar-refractivity contribution in [3.63, 3.8) is 0 Å².